The van der Waals surface area contributed by atoms with Crippen molar-refractivity contribution >= 4 is 44.5 Å². The lowest BCUT2D eigenvalue weighted by molar-refractivity contribution is -0.142. The monoisotopic (exact) mass is 887 g/mol. The number of pyridine rings is 2. The van der Waals surface area contributed by atoms with E-state index in [-0.39, 0.29) is 43.2 Å². The third kappa shape index (κ3) is 10.7. The molecule has 3 aromatic rings. The quantitative estimate of drug-likeness (QED) is 0.190. The fourth-order valence-corrected chi connectivity index (χ4v) is 9.95. The molecular formula is C46H61N7O9S. The van der Waals surface area contributed by atoms with Crippen LogP contribution in [0.1, 0.15) is 93.4 Å². The van der Waals surface area contributed by atoms with Crippen LogP contribution in [-0.2, 0) is 24.4 Å². The van der Waals surface area contributed by atoms with E-state index >= 15 is 4.79 Å². The van der Waals surface area contributed by atoms with Crippen LogP contribution in [0.4, 0.5) is 4.79 Å². The van der Waals surface area contributed by atoms with Crippen LogP contribution >= 0.6 is 0 Å². The number of methoxy groups -OCH3 is 1. The van der Waals surface area contributed by atoms with E-state index in [4.69, 9.17) is 19.2 Å². The van der Waals surface area contributed by atoms with Crippen molar-refractivity contribution in [3.8, 4) is 28.8 Å². The SMILES string of the molecule is COc1ccc2c(OC3C[C@H]4C(=O)N[C@]5(C(=O)NS(=O)(=O)C6CC6)CC5/C=C\CC[C@@H](C)C[C@@H](C)[C@H](NC(=O)NC(C)(C)C)C(=O)N4C3)nc(-c3ccc(OC(C)C)nc3)cc2c1. The van der Waals surface area contributed by atoms with E-state index in [1.807, 2.05) is 78.0 Å². The number of hydrogen-bond donors (Lipinski definition) is 4. The molecule has 16 nitrogen and oxygen atoms in total. The van der Waals surface area contributed by atoms with Gasteiger partial charge in [0.2, 0.25) is 33.6 Å². The van der Waals surface area contributed by atoms with Crippen molar-refractivity contribution < 1.29 is 41.8 Å². The van der Waals surface area contributed by atoms with Gasteiger partial charge in [-0.1, -0.05) is 26.0 Å². The van der Waals surface area contributed by atoms with Crippen molar-refractivity contribution in [3.05, 3.63) is 54.7 Å². The molecule has 2 aromatic heterocycles. The Morgan fingerprint density at radius 3 is 2.46 bits per heavy atom. The van der Waals surface area contributed by atoms with Crippen LogP contribution in [0.2, 0.25) is 0 Å². The van der Waals surface area contributed by atoms with Crippen molar-refractivity contribution in [1.29, 1.82) is 0 Å². The largest absolute Gasteiger partial charge is 0.497 e. The van der Waals surface area contributed by atoms with Gasteiger partial charge in [-0.15, -0.1) is 0 Å². The Morgan fingerprint density at radius 1 is 1.03 bits per heavy atom. The molecule has 5 amide bonds. The average Bonchev–Trinajstić information content (AvgIpc) is 4.14. The van der Waals surface area contributed by atoms with Gasteiger partial charge in [0, 0.05) is 41.1 Å². The molecule has 4 aliphatic rings. The van der Waals surface area contributed by atoms with Gasteiger partial charge in [-0.2, -0.15) is 0 Å². The Labute approximate surface area is 369 Å². The lowest BCUT2D eigenvalue weighted by Crippen LogP contribution is -2.60. The van der Waals surface area contributed by atoms with Gasteiger partial charge in [-0.05, 0) is 121 Å². The predicted octanol–water partition coefficient (Wildman–Crippen LogP) is 5.40. The normalized spacial score (nSPS) is 27.2. The Hall–Kier alpha value is -5.45. The highest BCUT2D eigenvalue weighted by atomic mass is 32.2. The summed E-state index contributed by atoms with van der Waals surface area (Å²) < 4.78 is 46.3. The molecule has 7 rings (SSSR count). The molecule has 2 aliphatic heterocycles. The molecule has 0 radical (unpaired) electrons. The number of fused-ring (bicyclic) bond motifs is 3. The predicted molar refractivity (Wildman–Crippen MR) is 237 cm³/mol. The van der Waals surface area contributed by atoms with Gasteiger partial charge >= 0.3 is 6.03 Å². The summed E-state index contributed by atoms with van der Waals surface area (Å²) >= 11 is 0. The number of rotatable bonds is 10. The molecular weight excluding hydrogens is 827 g/mol. The fourth-order valence-electron chi connectivity index (χ4n) is 8.59. The van der Waals surface area contributed by atoms with Gasteiger partial charge < -0.3 is 35.1 Å². The first kappa shape index (κ1) is 45.6. The number of benzene rings is 1. The zero-order valence-corrected chi connectivity index (χ0v) is 38.2. The highest BCUT2D eigenvalue weighted by Crippen LogP contribution is 2.46. The Bertz CT molecular complexity index is 2360. The number of carbonyl (C=O) groups is 4. The smallest absolute Gasteiger partial charge is 0.315 e. The summed E-state index contributed by atoms with van der Waals surface area (Å²) in [6.45, 7) is 13.3. The highest BCUT2D eigenvalue weighted by molar-refractivity contribution is 7.91. The lowest BCUT2D eigenvalue weighted by Gasteiger charge is -2.33. The molecule has 0 bridgehead atoms. The van der Waals surface area contributed by atoms with E-state index in [9.17, 15) is 22.8 Å². The molecule has 2 saturated carbocycles. The number of ether oxygens (including phenoxy) is 3. The van der Waals surface area contributed by atoms with Crippen LogP contribution in [0.5, 0.6) is 17.5 Å². The zero-order valence-electron chi connectivity index (χ0n) is 37.4. The van der Waals surface area contributed by atoms with Gasteiger partial charge in [0.25, 0.3) is 5.91 Å². The van der Waals surface area contributed by atoms with Crippen LogP contribution in [-0.4, -0.2) is 101 Å². The minimum atomic E-state index is -3.93. The summed E-state index contributed by atoms with van der Waals surface area (Å²) in [5, 5.41) is 9.55. The maximum atomic E-state index is 15.0. The molecule has 2 aliphatic carbocycles. The van der Waals surface area contributed by atoms with Gasteiger partial charge in [-0.3, -0.25) is 19.1 Å². The van der Waals surface area contributed by atoms with Crippen molar-refractivity contribution in [3.63, 3.8) is 0 Å². The average molecular weight is 888 g/mol. The number of urea groups is 1. The van der Waals surface area contributed by atoms with E-state index in [1.165, 1.54) is 4.90 Å². The minimum Gasteiger partial charge on any atom is -0.497 e. The van der Waals surface area contributed by atoms with Gasteiger partial charge in [-0.25, -0.2) is 23.2 Å². The number of amides is 5. The van der Waals surface area contributed by atoms with Crippen molar-refractivity contribution in [1.82, 2.24) is 35.5 Å². The van der Waals surface area contributed by atoms with Gasteiger partial charge in [0.1, 0.15) is 29.5 Å². The number of allylic oxidation sites excluding steroid dienone is 1. The van der Waals surface area contributed by atoms with Crippen LogP contribution < -0.4 is 34.9 Å². The third-order valence-electron chi connectivity index (χ3n) is 12.1. The van der Waals surface area contributed by atoms with Crippen LogP contribution in [0.3, 0.4) is 0 Å². The number of carbonyl (C=O) groups excluding carboxylic acids is 4. The first-order chi connectivity index (χ1) is 29.7. The Morgan fingerprint density at radius 2 is 1.79 bits per heavy atom. The second-order valence-electron chi connectivity index (χ2n) is 19.0. The molecule has 3 fully saturated rings. The minimum absolute atomic E-state index is 0.00813. The van der Waals surface area contributed by atoms with E-state index in [0.29, 0.717) is 54.0 Å². The molecule has 1 aromatic carbocycles. The van der Waals surface area contributed by atoms with Gasteiger partial charge in [0.05, 0.1) is 30.7 Å². The van der Waals surface area contributed by atoms with E-state index < -0.39 is 74.2 Å². The molecule has 4 N–H and O–H groups in total. The second-order valence-corrected chi connectivity index (χ2v) is 21.0. The summed E-state index contributed by atoms with van der Waals surface area (Å²) in [6.07, 6.45) is 7.84. The number of sulfonamides is 1. The summed E-state index contributed by atoms with van der Waals surface area (Å²) in [5.41, 5.74) is -0.890. The number of nitrogens with one attached hydrogen (secondary N) is 4. The van der Waals surface area contributed by atoms with Gasteiger partial charge in [0.15, 0.2) is 0 Å². The Kier molecular flexibility index (Phi) is 13.0. The van der Waals surface area contributed by atoms with Crippen molar-refractivity contribution in [2.45, 2.75) is 134 Å². The summed E-state index contributed by atoms with van der Waals surface area (Å²) in [4.78, 5) is 68.1. The maximum Gasteiger partial charge on any atom is 0.315 e. The van der Waals surface area contributed by atoms with Crippen LogP contribution in [0, 0.1) is 17.8 Å². The zero-order chi connectivity index (χ0) is 45.4. The molecule has 17 heteroatoms. The highest BCUT2D eigenvalue weighted by Gasteiger charge is 2.62. The lowest BCUT2D eigenvalue weighted by atomic mass is 9.88. The number of nitrogens with zero attached hydrogens (tertiary/aromatic N) is 3. The molecule has 63 heavy (non-hydrogen) atoms. The second kappa shape index (κ2) is 18.0. The number of hydrogen-bond acceptors (Lipinski definition) is 11. The molecule has 0 spiro atoms. The summed E-state index contributed by atoms with van der Waals surface area (Å²) in [5.74, 6) is -1.22. The van der Waals surface area contributed by atoms with Crippen LogP contribution in [0.25, 0.3) is 22.0 Å². The Balaban J connectivity index is 1.25. The fraction of sp³-hybridized carbons (Fsp3) is 0.565. The van der Waals surface area contributed by atoms with Crippen molar-refractivity contribution in [2.75, 3.05) is 13.7 Å². The van der Waals surface area contributed by atoms with Crippen molar-refractivity contribution in [2.24, 2.45) is 17.8 Å². The topological polar surface area (TPSA) is 207 Å². The third-order valence-corrected chi connectivity index (χ3v) is 13.9. The summed E-state index contributed by atoms with van der Waals surface area (Å²) in [6, 6.07) is 8.30. The standard InChI is InChI=1S/C46H61N7O9S/c1-26(2)61-38-18-13-29(24-47-38)36-21-30-20-32(60-8)14-17-35(30)41(48-36)62-33-22-37-40(54)50-46(43(56)52-63(58,59)34-15-16-34)23-31(46)12-10-9-11-27(3)19-28(4)39(42(55)53(37)25-33)49-44(57)51-45(5,6)7/h10,12-14,17-18,20-21,24,26-28,31,33-34,37,39H,9,11,15-16,19,22-23,25H2,1-8H3,(H,50,54)(H,52,56)(H2,49,51,57)/b12-10-/t27-,28-,31?,33?,37+,39+,46-/m1/s1. The molecule has 4 heterocycles. The summed E-state index contributed by atoms with van der Waals surface area (Å²) in [7, 11) is -2.35. The molecule has 7 atom stereocenters. The van der Waals surface area contributed by atoms with Crippen LogP contribution in [0.15, 0.2) is 54.7 Å². The first-order valence-electron chi connectivity index (χ1n) is 22.0. The first-order valence-corrected chi connectivity index (χ1v) is 23.5. The molecule has 1 saturated heterocycles. The maximum absolute atomic E-state index is 15.0. The number of aromatic nitrogens is 2. The van der Waals surface area contributed by atoms with E-state index in [0.717, 1.165) is 11.8 Å². The van der Waals surface area contributed by atoms with E-state index in [2.05, 4.69) is 32.6 Å². The molecule has 340 valence electrons. The molecule has 2 unspecified atom stereocenters. The van der Waals surface area contributed by atoms with E-state index in [1.54, 1.807) is 25.4 Å².